The number of nitrogens with zero attached hydrogens (tertiary/aromatic N) is 1. The molecule has 0 unspecified atom stereocenters. The molecule has 0 saturated heterocycles. The summed E-state index contributed by atoms with van der Waals surface area (Å²) in [7, 11) is 0.172. The van der Waals surface area contributed by atoms with E-state index < -0.39 is 12.7 Å². The maximum absolute atomic E-state index is 13.1. The van der Waals surface area contributed by atoms with Gasteiger partial charge in [-0.15, -0.1) is 0 Å². The summed E-state index contributed by atoms with van der Waals surface area (Å²) in [5, 5.41) is 1.85. The summed E-state index contributed by atoms with van der Waals surface area (Å²) in [5.41, 5.74) is 1.33. The molecule has 1 aromatic heterocycles. The van der Waals surface area contributed by atoms with Gasteiger partial charge in [-0.1, -0.05) is 44.9 Å². The lowest BCUT2D eigenvalue weighted by atomic mass is 10.1. The van der Waals surface area contributed by atoms with Crippen LogP contribution in [0.15, 0.2) is 47.4 Å². The van der Waals surface area contributed by atoms with Gasteiger partial charge in [0.1, 0.15) is 18.1 Å². The molecule has 0 atom stereocenters. The quantitative estimate of drug-likeness (QED) is 0.365. The van der Waals surface area contributed by atoms with Crippen LogP contribution in [0.5, 0.6) is 0 Å². The number of para-hydroxylation sites is 1. The highest BCUT2D eigenvalue weighted by atomic mass is 32.2. The van der Waals surface area contributed by atoms with Crippen molar-refractivity contribution in [3.63, 3.8) is 0 Å². The molecule has 27 heavy (non-hydrogen) atoms. The second-order valence-corrected chi connectivity index (χ2v) is 9.28. The largest absolute Gasteiger partial charge is 0.406 e. The lowest BCUT2D eigenvalue weighted by Crippen LogP contribution is -2.17. The normalized spacial score (nSPS) is 12.5. The molecule has 0 N–H and O–H groups in total. The van der Waals surface area contributed by atoms with Crippen molar-refractivity contribution in [1.82, 2.24) is 4.57 Å². The predicted molar refractivity (Wildman–Crippen MR) is 111 cm³/mol. The van der Waals surface area contributed by atoms with Gasteiger partial charge in [0.2, 0.25) is 0 Å². The summed E-state index contributed by atoms with van der Waals surface area (Å²) in [4.78, 5) is 1.29. The first-order valence-corrected chi connectivity index (χ1v) is 11.3. The van der Waals surface area contributed by atoms with Crippen molar-refractivity contribution < 1.29 is 13.2 Å². The smallest absolute Gasteiger partial charge is 0.331 e. The summed E-state index contributed by atoms with van der Waals surface area (Å²) >= 11 is 0. The van der Waals surface area contributed by atoms with Crippen molar-refractivity contribution in [3.8, 4) is 0 Å². The first-order valence-electron chi connectivity index (χ1n) is 9.70. The van der Waals surface area contributed by atoms with Gasteiger partial charge in [0, 0.05) is 38.8 Å². The minimum Gasteiger partial charge on any atom is -0.331 e. The molecule has 0 aliphatic rings. The summed E-state index contributed by atoms with van der Waals surface area (Å²) < 4.78 is 40.8. The number of halogens is 3. The van der Waals surface area contributed by atoms with Crippen LogP contribution in [0.2, 0.25) is 0 Å². The number of rotatable bonds is 8. The molecule has 0 aliphatic carbocycles. The molecular formula is C22H27F3NS+. The van der Waals surface area contributed by atoms with Crippen LogP contribution in [-0.2, 0) is 17.4 Å². The average Bonchev–Trinajstić information content (AvgIpc) is 2.94. The Morgan fingerprint density at radius 1 is 0.852 bits per heavy atom. The van der Waals surface area contributed by atoms with Crippen molar-refractivity contribution in [1.29, 1.82) is 0 Å². The highest BCUT2D eigenvalue weighted by Gasteiger charge is 2.30. The first kappa shape index (κ1) is 20.1. The van der Waals surface area contributed by atoms with Gasteiger partial charge in [-0.2, -0.15) is 13.2 Å². The van der Waals surface area contributed by atoms with Crippen LogP contribution < -0.4 is 0 Å². The fourth-order valence-corrected chi connectivity index (χ4v) is 6.03. The van der Waals surface area contributed by atoms with E-state index in [2.05, 4.69) is 26.0 Å². The number of unbranched alkanes of at least 4 members (excludes halogenated alkanes) is 2. The van der Waals surface area contributed by atoms with Crippen molar-refractivity contribution in [2.45, 2.75) is 57.1 Å². The Hall–Kier alpha value is -1.62. The lowest BCUT2D eigenvalue weighted by molar-refractivity contribution is -0.139. The molecule has 0 saturated carbocycles. The van der Waals surface area contributed by atoms with Crippen molar-refractivity contribution in [2.24, 2.45) is 0 Å². The van der Waals surface area contributed by atoms with E-state index in [1.807, 2.05) is 24.3 Å². The Bertz CT molecular complexity index is 890. The number of fused-ring (bicyclic) bond motifs is 3. The first-order chi connectivity index (χ1) is 12.9. The van der Waals surface area contributed by atoms with Crippen molar-refractivity contribution >= 4 is 32.7 Å². The third kappa shape index (κ3) is 4.63. The highest BCUT2D eigenvalue weighted by Crippen LogP contribution is 2.34. The number of aromatic nitrogens is 1. The zero-order chi connectivity index (χ0) is 19.4. The fourth-order valence-electron chi connectivity index (χ4n) is 3.54. The number of hydrogen-bond acceptors (Lipinski definition) is 0. The lowest BCUT2D eigenvalue weighted by Gasteiger charge is -2.11. The van der Waals surface area contributed by atoms with Gasteiger partial charge in [-0.05, 0) is 31.0 Å². The standard InChI is InChI=1S/C22H27F3NS/c1-3-5-13-27(14-6-4-2)17-11-12-21-19(15-17)18-9-7-8-10-20(18)26(21)16-22(23,24)25/h7-12,15H,3-6,13-14,16H2,1-2H3/q+1. The second kappa shape index (κ2) is 8.59. The molecule has 0 radical (unpaired) electrons. The molecular weight excluding hydrogens is 367 g/mol. The molecule has 3 rings (SSSR count). The van der Waals surface area contributed by atoms with Gasteiger partial charge in [-0.3, -0.25) is 0 Å². The summed E-state index contributed by atoms with van der Waals surface area (Å²) in [6.45, 7) is 3.46. The van der Waals surface area contributed by atoms with Crippen LogP contribution in [0.4, 0.5) is 13.2 Å². The molecule has 0 fully saturated rings. The SMILES string of the molecule is CCCC[S+](CCCC)c1ccc2c(c1)c1ccccc1n2CC(F)(F)F. The van der Waals surface area contributed by atoms with Crippen LogP contribution in [0.3, 0.4) is 0 Å². The van der Waals surface area contributed by atoms with Crippen LogP contribution in [0.1, 0.15) is 39.5 Å². The van der Waals surface area contributed by atoms with E-state index in [0.717, 1.165) is 10.8 Å². The maximum atomic E-state index is 13.1. The summed E-state index contributed by atoms with van der Waals surface area (Å²) in [5.74, 6) is 2.34. The van der Waals surface area contributed by atoms with Crippen LogP contribution >= 0.6 is 0 Å². The van der Waals surface area contributed by atoms with E-state index in [1.54, 1.807) is 6.07 Å². The van der Waals surface area contributed by atoms with E-state index in [4.69, 9.17) is 0 Å². The van der Waals surface area contributed by atoms with Crippen LogP contribution in [0.25, 0.3) is 21.8 Å². The van der Waals surface area contributed by atoms with Crippen molar-refractivity contribution in [3.05, 3.63) is 42.5 Å². The molecule has 0 spiro atoms. The minimum absolute atomic E-state index is 0.172. The maximum Gasteiger partial charge on any atom is 0.406 e. The van der Waals surface area contributed by atoms with Gasteiger partial charge in [0.15, 0.2) is 4.90 Å². The van der Waals surface area contributed by atoms with Gasteiger partial charge in [0.25, 0.3) is 0 Å². The molecule has 5 heteroatoms. The number of alkyl halides is 3. The van der Waals surface area contributed by atoms with Gasteiger partial charge in [0.05, 0.1) is 0 Å². The molecule has 1 heterocycles. The molecule has 0 bridgehead atoms. The molecule has 3 aromatic rings. The molecule has 1 nitrogen and oxygen atoms in total. The molecule has 146 valence electrons. The Morgan fingerprint density at radius 2 is 1.48 bits per heavy atom. The third-order valence-corrected chi connectivity index (χ3v) is 7.39. The van der Waals surface area contributed by atoms with Gasteiger partial charge >= 0.3 is 6.18 Å². The molecule has 2 aromatic carbocycles. The Morgan fingerprint density at radius 3 is 2.11 bits per heavy atom. The summed E-state index contributed by atoms with van der Waals surface area (Å²) in [6.07, 6.45) is 0.493. The van der Waals surface area contributed by atoms with E-state index >= 15 is 0 Å². The van der Waals surface area contributed by atoms with Gasteiger partial charge < -0.3 is 4.57 Å². The van der Waals surface area contributed by atoms with E-state index in [1.165, 1.54) is 46.7 Å². The van der Waals surface area contributed by atoms with E-state index in [0.29, 0.717) is 11.0 Å². The fraction of sp³-hybridized carbons (Fsp3) is 0.455. The number of benzene rings is 2. The Kier molecular flexibility index (Phi) is 6.40. The molecule has 0 aliphatic heterocycles. The average molecular weight is 395 g/mol. The predicted octanol–water partition coefficient (Wildman–Crippen LogP) is 6.93. The third-order valence-electron chi connectivity index (χ3n) is 4.90. The Labute approximate surface area is 161 Å². The monoisotopic (exact) mass is 394 g/mol. The zero-order valence-corrected chi connectivity index (χ0v) is 16.8. The van der Waals surface area contributed by atoms with Crippen LogP contribution in [-0.4, -0.2) is 22.2 Å². The highest BCUT2D eigenvalue weighted by molar-refractivity contribution is 7.96. The zero-order valence-electron chi connectivity index (χ0n) is 16.0. The molecule has 0 amide bonds. The Balaban J connectivity index is 2.10. The number of hydrogen-bond donors (Lipinski definition) is 0. The van der Waals surface area contributed by atoms with E-state index in [9.17, 15) is 13.2 Å². The van der Waals surface area contributed by atoms with Gasteiger partial charge in [-0.25, -0.2) is 0 Å². The summed E-state index contributed by atoms with van der Waals surface area (Å²) in [6, 6.07) is 13.5. The minimum atomic E-state index is -4.24. The topological polar surface area (TPSA) is 4.93 Å². The van der Waals surface area contributed by atoms with E-state index in [-0.39, 0.29) is 10.9 Å². The second-order valence-electron chi connectivity index (χ2n) is 7.01. The van der Waals surface area contributed by atoms with Crippen molar-refractivity contribution in [2.75, 3.05) is 11.5 Å². The van der Waals surface area contributed by atoms with Crippen LogP contribution in [0, 0.1) is 0 Å².